The minimum absolute atomic E-state index is 0. The Hall–Kier alpha value is -3.55. The summed E-state index contributed by atoms with van der Waals surface area (Å²) >= 11 is 0. The molecular formula is C23H28ClN7O3. The molecule has 0 saturated carbocycles. The van der Waals surface area contributed by atoms with Gasteiger partial charge in [0.05, 0.1) is 6.54 Å². The van der Waals surface area contributed by atoms with Gasteiger partial charge in [0.25, 0.3) is 5.56 Å². The highest BCUT2D eigenvalue weighted by molar-refractivity contribution is 5.85. The van der Waals surface area contributed by atoms with Gasteiger partial charge in [-0.1, -0.05) is 36.3 Å². The highest BCUT2D eigenvalue weighted by Crippen LogP contribution is 2.21. The van der Waals surface area contributed by atoms with E-state index in [4.69, 9.17) is 5.11 Å². The van der Waals surface area contributed by atoms with Crippen LogP contribution in [0, 0.1) is 11.8 Å². The summed E-state index contributed by atoms with van der Waals surface area (Å²) in [6, 6.07) is 9.81. The molecule has 180 valence electrons. The van der Waals surface area contributed by atoms with E-state index in [2.05, 4.69) is 37.3 Å². The first kappa shape index (κ1) is 25.1. The van der Waals surface area contributed by atoms with Crippen LogP contribution in [0.4, 0.5) is 11.9 Å². The summed E-state index contributed by atoms with van der Waals surface area (Å²) in [5, 5.41) is 15.2. The van der Waals surface area contributed by atoms with E-state index in [1.807, 2.05) is 34.9 Å². The van der Waals surface area contributed by atoms with Crippen LogP contribution in [0.25, 0.3) is 11.2 Å². The molecule has 0 bridgehead atoms. The van der Waals surface area contributed by atoms with Crippen molar-refractivity contribution in [1.29, 1.82) is 0 Å². The fourth-order valence-corrected chi connectivity index (χ4v) is 3.90. The lowest BCUT2D eigenvalue weighted by atomic mass is 10.1. The number of aliphatic carboxylic acids is 1. The summed E-state index contributed by atoms with van der Waals surface area (Å²) in [7, 11) is 0. The number of fused-ring (bicyclic) bond motifs is 1. The number of aromatic nitrogens is 4. The second-order valence-electron chi connectivity index (χ2n) is 7.71. The molecule has 4 rings (SSSR count). The van der Waals surface area contributed by atoms with E-state index in [1.165, 1.54) is 4.57 Å². The molecule has 0 spiro atoms. The molecule has 1 fully saturated rings. The van der Waals surface area contributed by atoms with E-state index >= 15 is 0 Å². The lowest BCUT2D eigenvalue weighted by Gasteiger charge is -2.28. The van der Waals surface area contributed by atoms with Gasteiger partial charge in [0.2, 0.25) is 11.9 Å². The normalized spacial score (nSPS) is 13.1. The molecule has 11 heteroatoms. The Morgan fingerprint density at radius 2 is 1.91 bits per heavy atom. The molecule has 0 unspecified atom stereocenters. The third-order valence-corrected chi connectivity index (χ3v) is 5.52. The predicted molar refractivity (Wildman–Crippen MR) is 134 cm³/mol. The number of nitrogens with one attached hydrogen (secondary N) is 2. The van der Waals surface area contributed by atoms with Crippen LogP contribution < -0.4 is 21.1 Å². The smallest absolute Gasteiger partial charge is 0.322 e. The van der Waals surface area contributed by atoms with Gasteiger partial charge < -0.3 is 20.6 Å². The molecule has 2 aromatic heterocycles. The van der Waals surface area contributed by atoms with Crippen molar-refractivity contribution in [1.82, 2.24) is 24.4 Å². The van der Waals surface area contributed by atoms with Crippen LogP contribution in [0.3, 0.4) is 0 Å². The Kier molecular flexibility index (Phi) is 8.51. The second kappa shape index (κ2) is 11.5. The zero-order chi connectivity index (χ0) is 23.2. The Balaban J connectivity index is 0.00000324. The molecular weight excluding hydrogens is 458 g/mol. The summed E-state index contributed by atoms with van der Waals surface area (Å²) in [5.41, 5.74) is 1.46. The van der Waals surface area contributed by atoms with Gasteiger partial charge in [-0.2, -0.15) is 9.97 Å². The molecule has 3 N–H and O–H groups in total. The van der Waals surface area contributed by atoms with Crippen molar-refractivity contribution in [3.05, 3.63) is 46.2 Å². The number of piperazine rings is 1. The van der Waals surface area contributed by atoms with Crippen LogP contribution in [-0.4, -0.2) is 62.9 Å². The van der Waals surface area contributed by atoms with Crippen LogP contribution in [0.2, 0.25) is 0 Å². The minimum atomic E-state index is -1.04. The van der Waals surface area contributed by atoms with Gasteiger partial charge in [0.15, 0.2) is 11.2 Å². The maximum Gasteiger partial charge on any atom is 0.322 e. The van der Waals surface area contributed by atoms with Gasteiger partial charge in [0, 0.05) is 32.7 Å². The Morgan fingerprint density at radius 3 is 2.59 bits per heavy atom. The topological polar surface area (TPSA) is 117 Å². The van der Waals surface area contributed by atoms with Crippen molar-refractivity contribution in [3.8, 4) is 11.8 Å². The molecule has 1 aromatic carbocycles. The first-order chi connectivity index (χ1) is 16.1. The first-order valence-electron chi connectivity index (χ1n) is 10.9. The van der Waals surface area contributed by atoms with Crippen LogP contribution in [0.15, 0.2) is 35.1 Å². The number of carbonyl (C=O) groups is 1. The van der Waals surface area contributed by atoms with Crippen molar-refractivity contribution in [2.24, 2.45) is 0 Å². The summed E-state index contributed by atoms with van der Waals surface area (Å²) in [6.07, 6.45) is 0.600. The van der Waals surface area contributed by atoms with Gasteiger partial charge in [-0.05, 0) is 18.9 Å². The predicted octanol–water partition coefficient (Wildman–Crippen LogP) is 1.19. The number of carboxylic acids is 1. The fraction of sp³-hybridized carbons (Fsp3) is 0.391. The number of hydrogen-bond donors (Lipinski definition) is 3. The number of halogens is 1. The molecule has 1 aliphatic rings. The monoisotopic (exact) mass is 485 g/mol. The SMILES string of the molecule is CC#CCn1c(N2CCNCC2)nc2nc(NCC(=O)O)n(CCc3ccccc3)c(=O)c21.Cl. The number of carboxylic acid groups (broad SMARTS) is 1. The number of aryl methyl sites for hydroxylation is 1. The lowest BCUT2D eigenvalue weighted by molar-refractivity contribution is -0.134. The molecule has 10 nitrogen and oxygen atoms in total. The standard InChI is InChI=1S/C23H27N7O3.ClH/c1-2-3-12-29-19-20(27-23(29)28-14-10-24-11-15-28)26-22(25-16-18(31)32)30(21(19)33)13-9-17-7-5-4-6-8-17;/h4-8,24H,9-16H2,1H3,(H,25,26)(H,31,32);1H. The van der Waals surface area contributed by atoms with Crippen molar-refractivity contribution in [3.63, 3.8) is 0 Å². The second-order valence-corrected chi connectivity index (χ2v) is 7.71. The quantitative estimate of drug-likeness (QED) is 0.407. The molecule has 34 heavy (non-hydrogen) atoms. The van der Waals surface area contributed by atoms with Gasteiger partial charge >= 0.3 is 5.97 Å². The summed E-state index contributed by atoms with van der Waals surface area (Å²) < 4.78 is 3.32. The van der Waals surface area contributed by atoms with Crippen molar-refractivity contribution in [2.75, 3.05) is 42.9 Å². The highest BCUT2D eigenvalue weighted by Gasteiger charge is 2.23. The molecule has 3 aromatic rings. The zero-order valence-corrected chi connectivity index (χ0v) is 19.8. The number of hydrogen-bond acceptors (Lipinski definition) is 7. The number of benzene rings is 1. The van der Waals surface area contributed by atoms with E-state index in [0.717, 1.165) is 31.7 Å². The maximum atomic E-state index is 13.7. The lowest BCUT2D eigenvalue weighted by Crippen LogP contribution is -2.44. The minimum Gasteiger partial charge on any atom is -0.480 e. The third-order valence-electron chi connectivity index (χ3n) is 5.52. The average molecular weight is 486 g/mol. The highest BCUT2D eigenvalue weighted by atomic mass is 35.5. The van der Waals surface area contributed by atoms with E-state index < -0.39 is 5.97 Å². The number of nitrogens with zero attached hydrogens (tertiary/aromatic N) is 5. The fourth-order valence-electron chi connectivity index (χ4n) is 3.90. The molecule has 0 aliphatic carbocycles. The van der Waals surface area contributed by atoms with Gasteiger partial charge in [-0.25, -0.2) is 0 Å². The number of anilines is 2. The Morgan fingerprint density at radius 1 is 1.18 bits per heavy atom. The van der Waals surface area contributed by atoms with E-state index in [1.54, 1.807) is 6.92 Å². The van der Waals surface area contributed by atoms with Gasteiger partial charge in [-0.3, -0.25) is 18.7 Å². The van der Waals surface area contributed by atoms with Crippen LogP contribution in [0.1, 0.15) is 12.5 Å². The van der Waals surface area contributed by atoms with Crippen molar-refractivity contribution in [2.45, 2.75) is 26.4 Å². The van der Waals surface area contributed by atoms with E-state index in [0.29, 0.717) is 31.0 Å². The summed E-state index contributed by atoms with van der Waals surface area (Å²) in [5.74, 6) is 5.75. The van der Waals surface area contributed by atoms with Crippen LogP contribution >= 0.6 is 12.4 Å². The summed E-state index contributed by atoms with van der Waals surface area (Å²) in [4.78, 5) is 36.2. The van der Waals surface area contributed by atoms with Gasteiger partial charge in [0.1, 0.15) is 6.54 Å². The van der Waals surface area contributed by atoms with Crippen LogP contribution in [-0.2, 0) is 24.3 Å². The number of imidazole rings is 1. The van der Waals surface area contributed by atoms with Crippen molar-refractivity contribution >= 4 is 41.4 Å². The zero-order valence-electron chi connectivity index (χ0n) is 19.0. The largest absolute Gasteiger partial charge is 0.480 e. The Bertz CT molecular complexity index is 1250. The first-order valence-corrected chi connectivity index (χ1v) is 10.9. The van der Waals surface area contributed by atoms with Crippen molar-refractivity contribution < 1.29 is 9.90 Å². The maximum absolute atomic E-state index is 13.7. The molecule has 0 atom stereocenters. The Labute approximate surface area is 203 Å². The number of rotatable bonds is 8. The van der Waals surface area contributed by atoms with Gasteiger partial charge in [-0.15, -0.1) is 18.3 Å². The van der Waals surface area contributed by atoms with E-state index in [-0.39, 0.29) is 36.1 Å². The molecule has 0 amide bonds. The van der Waals surface area contributed by atoms with Crippen LogP contribution in [0.5, 0.6) is 0 Å². The van der Waals surface area contributed by atoms with E-state index in [9.17, 15) is 9.59 Å². The molecule has 1 saturated heterocycles. The third kappa shape index (κ3) is 5.50. The molecule has 1 aliphatic heterocycles. The summed E-state index contributed by atoms with van der Waals surface area (Å²) in [6.45, 7) is 5.24. The molecule has 0 radical (unpaired) electrons. The average Bonchev–Trinajstić information content (AvgIpc) is 3.20. The molecule has 3 heterocycles.